The lowest BCUT2D eigenvalue weighted by Crippen LogP contribution is -2.16. The Morgan fingerprint density at radius 3 is 2.58 bits per heavy atom. The Morgan fingerprint density at radius 1 is 1.38 bits per heavy atom. The molecule has 2 rings (SSSR count). The Balaban J connectivity index is 2.41. The molecule has 0 saturated carbocycles. The molecule has 0 aromatic carbocycles. The third-order valence-corrected chi connectivity index (χ3v) is 3.41. The number of aromatic nitrogens is 4. The van der Waals surface area contributed by atoms with Crippen LogP contribution in [0, 0.1) is 17.0 Å². The van der Waals surface area contributed by atoms with Crippen molar-refractivity contribution in [2.45, 2.75) is 20.4 Å². The Labute approximate surface area is 136 Å². The molecule has 2 aromatic rings. The molecule has 24 heavy (non-hydrogen) atoms. The Hall–Kier alpha value is -3.24. The van der Waals surface area contributed by atoms with Crippen LogP contribution in [0.5, 0.6) is 0 Å². The van der Waals surface area contributed by atoms with Crippen molar-refractivity contribution in [3.05, 3.63) is 33.4 Å². The molecule has 0 aliphatic rings. The smallest absolute Gasteiger partial charge is 0.360 e. The maximum absolute atomic E-state index is 12.4. The molecule has 128 valence electrons. The molecule has 2 aromatic heterocycles. The van der Waals surface area contributed by atoms with Crippen molar-refractivity contribution in [3.8, 4) is 0 Å². The minimum atomic E-state index is -0.814. The number of nitro groups is 1. The number of hydrogen-bond acceptors (Lipinski definition) is 7. The van der Waals surface area contributed by atoms with Gasteiger partial charge >= 0.3 is 11.7 Å². The van der Waals surface area contributed by atoms with Crippen LogP contribution in [-0.4, -0.2) is 43.5 Å². The molecule has 0 aliphatic heterocycles. The zero-order valence-electron chi connectivity index (χ0n) is 13.6. The Morgan fingerprint density at radius 2 is 2.04 bits per heavy atom. The SMILES string of the molecule is CCn1cc(NC(=O)c2nn(C)c(C)c2[N+](=O)[O-])c(C(=O)OC)n1. The van der Waals surface area contributed by atoms with Crippen molar-refractivity contribution in [2.24, 2.45) is 7.05 Å². The lowest BCUT2D eigenvalue weighted by atomic mass is 10.2. The first-order valence-corrected chi connectivity index (χ1v) is 6.95. The number of hydrogen-bond donors (Lipinski definition) is 1. The van der Waals surface area contributed by atoms with Crippen LogP contribution < -0.4 is 5.32 Å². The molecule has 0 atom stereocenters. The highest BCUT2D eigenvalue weighted by atomic mass is 16.6. The zero-order chi connectivity index (χ0) is 18.0. The van der Waals surface area contributed by atoms with Gasteiger partial charge in [-0.05, 0) is 13.8 Å². The van der Waals surface area contributed by atoms with E-state index < -0.39 is 22.5 Å². The summed E-state index contributed by atoms with van der Waals surface area (Å²) in [5, 5.41) is 21.5. The summed E-state index contributed by atoms with van der Waals surface area (Å²) >= 11 is 0. The summed E-state index contributed by atoms with van der Waals surface area (Å²) in [4.78, 5) is 34.6. The highest BCUT2D eigenvalue weighted by Crippen LogP contribution is 2.24. The summed E-state index contributed by atoms with van der Waals surface area (Å²) < 4.78 is 7.28. The summed E-state index contributed by atoms with van der Waals surface area (Å²) in [6, 6.07) is 0. The number of carbonyl (C=O) groups excluding carboxylic acids is 2. The number of carbonyl (C=O) groups is 2. The lowest BCUT2D eigenvalue weighted by Gasteiger charge is -2.02. The Kier molecular flexibility index (Phi) is 4.62. The minimum absolute atomic E-state index is 0.0892. The predicted molar refractivity (Wildman–Crippen MR) is 81.8 cm³/mol. The van der Waals surface area contributed by atoms with Crippen LogP contribution in [0.2, 0.25) is 0 Å². The summed E-state index contributed by atoms with van der Waals surface area (Å²) in [5.41, 5.74) is -0.505. The molecule has 11 heteroatoms. The van der Waals surface area contributed by atoms with Crippen molar-refractivity contribution in [2.75, 3.05) is 12.4 Å². The number of anilines is 1. The fourth-order valence-corrected chi connectivity index (χ4v) is 2.07. The first kappa shape index (κ1) is 17.1. The van der Waals surface area contributed by atoms with E-state index in [-0.39, 0.29) is 22.8 Å². The lowest BCUT2D eigenvalue weighted by molar-refractivity contribution is -0.385. The highest BCUT2D eigenvalue weighted by Gasteiger charge is 2.30. The van der Waals surface area contributed by atoms with Gasteiger partial charge in [-0.15, -0.1) is 0 Å². The maximum atomic E-state index is 12.4. The van der Waals surface area contributed by atoms with Crippen LogP contribution in [0.3, 0.4) is 0 Å². The number of nitrogens with one attached hydrogen (secondary N) is 1. The van der Waals surface area contributed by atoms with Crippen LogP contribution >= 0.6 is 0 Å². The van der Waals surface area contributed by atoms with Gasteiger partial charge in [0.15, 0.2) is 5.69 Å². The van der Waals surface area contributed by atoms with Gasteiger partial charge in [0.25, 0.3) is 5.91 Å². The predicted octanol–water partition coefficient (Wildman–Crippen LogP) is 0.892. The molecule has 2 heterocycles. The molecular formula is C13H16N6O5. The third kappa shape index (κ3) is 2.95. The quantitative estimate of drug-likeness (QED) is 0.487. The number of esters is 1. The van der Waals surface area contributed by atoms with Gasteiger partial charge < -0.3 is 10.1 Å². The molecular weight excluding hydrogens is 320 g/mol. The minimum Gasteiger partial charge on any atom is -0.464 e. The largest absolute Gasteiger partial charge is 0.464 e. The van der Waals surface area contributed by atoms with Crippen LogP contribution in [0.4, 0.5) is 11.4 Å². The van der Waals surface area contributed by atoms with Gasteiger partial charge in [-0.3, -0.25) is 24.3 Å². The highest BCUT2D eigenvalue weighted by molar-refractivity contribution is 6.08. The molecule has 0 fully saturated rings. The average Bonchev–Trinajstić information content (AvgIpc) is 3.08. The van der Waals surface area contributed by atoms with Crippen molar-refractivity contribution >= 4 is 23.3 Å². The Bertz CT molecular complexity index is 821. The van der Waals surface area contributed by atoms with Crippen LogP contribution in [-0.2, 0) is 18.3 Å². The van der Waals surface area contributed by atoms with Gasteiger partial charge in [0.2, 0.25) is 5.69 Å². The molecule has 11 nitrogen and oxygen atoms in total. The van der Waals surface area contributed by atoms with Crippen LogP contribution in [0.1, 0.15) is 33.6 Å². The molecule has 0 radical (unpaired) electrons. The van der Waals surface area contributed by atoms with E-state index in [4.69, 9.17) is 0 Å². The number of amides is 1. The molecule has 0 spiro atoms. The number of aryl methyl sites for hydroxylation is 2. The van der Waals surface area contributed by atoms with Gasteiger partial charge in [0.1, 0.15) is 5.69 Å². The van der Waals surface area contributed by atoms with E-state index in [1.54, 1.807) is 6.92 Å². The van der Waals surface area contributed by atoms with Gasteiger partial charge in [-0.2, -0.15) is 10.2 Å². The zero-order valence-corrected chi connectivity index (χ0v) is 13.6. The van der Waals surface area contributed by atoms with Crippen LogP contribution in [0.15, 0.2) is 6.20 Å². The molecule has 0 aliphatic carbocycles. The molecule has 1 N–H and O–H groups in total. The van der Waals surface area contributed by atoms with Crippen LogP contribution in [0.25, 0.3) is 0 Å². The summed E-state index contributed by atoms with van der Waals surface area (Å²) in [7, 11) is 2.68. The third-order valence-electron chi connectivity index (χ3n) is 3.41. The first-order valence-electron chi connectivity index (χ1n) is 6.95. The van der Waals surface area contributed by atoms with E-state index >= 15 is 0 Å². The fraction of sp³-hybridized carbons (Fsp3) is 0.385. The normalized spacial score (nSPS) is 10.5. The summed E-state index contributed by atoms with van der Waals surface area (Å²) in [6.07, 6.45) is 1.44. The van der Waals surface area contributed by atoms with E-state index in [1.165, 1.54) is 36.6 Å². The second-order valence-electron chi connectivity index (χ2n) is 4.86. The van der Waals surface area contributed by atoms with E-state index in [9.17, 15) is 19.7 Å². The van der Waals surface area contributed by atoms with Crippen molar-refractivity contribution < 1.29 is 19.2 Å². The van der Waals surface area contributed by atoms with Gasteiger partial charge in [-0.25, -0.2) is 4.79 Å². The summed E-state index contributed by atoms with van der Waals surface area (Å²) in [6.45, 7) is 3.74. The standard InChI is InChI=1S/C13H16N6O5/c1-5-18-6-8(9(16-18)13(21)24-4)14-12(20)10-11(19(22)23)7(2)17(3)15-10/h6H,5H2,1-4H3,(H,14,20). The monoisotopic (exact) mass is 336 g/mol. The van der Waals surface area contributed by atoms with E-state index in [1.807, 2.05) is 0 Å². The number of methoxy groups -OCH3 is 1. The van der Waals surface area contributed by atoms with E-state index in [0.717, 1.165) is 0 Å². The second kappa shape index (κ2) is 6.48. The maximum Gasteiger partial charge on any atom is 0.360 e. The number of nitrogens with zero attached hydrogens (tertiary/aromatic N) is 5. The molecule has 1 amide bonds. The topological polar surface area (TPSA) is 134 Å². The van der Waals surface area contributed by atoms with Crippen molar-refractivity contribution in [1.29, 1.82) is 0 Å². The van der Waals surface area contributed by atoms with Crippen molar-refractivity contribution in [3.63, 3.8) is 0 Å². The molecule has 0 saturated heterocycles. The van der Waals surface area contributed by atoms with Gasteiger partial charge in [-0.1, -0.05) is 0 Å². The van der Waals surface area contributed by atoms with Crippen molar-refractivity contribution in [1.82, 2.24) is 19.6 Å². The second-order valence-corrected chi connectivity index (χ2v) is 4.86. The fourth-order valence-electron chi connectivity index (χ4n) is 2.07. The van der Waals surface area contributed by atoms with E-state index in [2.05, 4.69) is 20.3 Å². The van der Waals surface area contributed by atoms with Gasteiger partial charge in [0, 0.05) is 19.8 Å². The number of rotatable bonds is 5. The summed E-state index contributed by atoms with van der Waals surface area (Å²) in [5.74, 6) is -1.55. The first-order chi connectivity index (χ1) is 11.3. The molecule has 0 unspecified atom stereocenters. The number of ether oxygens (including phenoxy) is 1. The molecule has 0 bridgehead atoms. The average molecular weight is 336 g/mol. The van der Waals surface area contributed by atoms with E-state index in [0.29, 0.717) is 6.54 Å². The van der Waals surface area contributed by atoms with Gasteiger partial charge in [0.05, 0.1) is 17.7 Å².